The van der Waals surface area contributed by atoms with E-state index < -0.39 is 0 Å². The lowest BCUT2D eigenvalue weighted by molar-refractivity contribution is 0.309. The zero-order valence-electron chi connectivity index (χ0n) is 9.89. The number of rotatable bonds is 3. The molecule has 16 heavy (non-hydrogen) atoms. The van der Waals surface area contributed by atoms with Crippen LogP contribution in [0.25, 0.3) is 6.08 Å². The molecule has 0 radical (unpaired) electrons. The fourth-order valence-corrected chi connectivity index (χ4v) is 1.99. The molecule has 1 aliphatic heterocycles. The third-order valence-corrected chi connectivity index (χ3v) is 2.99. The van der Waals surface area contributed by atoms with Crippen LogP contribution >= 0.6 is 0 Å². The molecule has 1 aliphatic rings. The molecule has 0 saturated carbocycles. The van der Waals surface area contributed by atoms with Crippen LogP contribution in [0.15, 0.2) is 48.1 Å². The predicted molar refractivity (Wildman–Crippen MR) is 70.3 cm³/mol. The molecule has 0 unspecified atom stereocenters. The van der Waals surface area contributed by atoms with Crippen LogP contribution in [0.2, 0.25) is 0 Å². The van der Waals surface area contributed by atoms with E-state index in [4.69, 9.17) is 0 Å². The highest BCUT2D eigenvalue weighted by molar-refractivity contribution is 5.53. The monoisotopic (exact) mass is 213 g/mol. The Morgan fingerprint density at radius 3 is 2.75 bits per heavy atom. The Bertz CT molecular complexity index is 376. The molecule has 1 heteroatoms. The molecule has 0 bridgehead atoms. The fourth-order valence-electron chi connectivity index (χ4n) is 1.99. The van der Waals surface area contributed by atoms with Crippen molar-refractivity contribution in [2.45, 2.75) is 13.3 Å². The number of hydrogen-bond donors (Lipinski definition) is 0. The first-order valence-electron chi connectivity index (χ1n) is 6.03. The van der Waals surface area contributed by atoms with E-state index in [0.717, 1.165) is 13.1 Å². The summed E-state index contributed by atoms with van der Waals surface area (Å²) in [7, 11) is 0. The third kappa shape index (κ3) is 3.07. The zero-order valence-corrected chi connectivity index (χ0v) is 9.89. The van der Waals surface area contributed by atoms with Gasteiger partial charge in [-0.1, -0.05) is 55.5 Å². The summed E-state index contributed by atoms with van der Waals surface area (Å²) >= 11 is 0. The van der Waals surface area contributed by atoms with Crippen molar-refractivity contribution in [2.75, 3.05) is 19.6 Å². The van der Waals surface area contributed by atoms with Crippen molar-refractivity contribution >= 4 is 6.08 Å². The Morgan fingerprint density at radius 1 is 1.19 bits per heavy atom. The van der Waals surface area contributed by atoms with E-state index in [1.54, 1.807) is 0 Å². The first kappa shape index (κ1) is 11.2. The summed E-state index contributed by atoms with van der Waals surface area (Å²) in [5.74, 6) is 0. The summed E-state index contributed by atoms with van der Waals surface area (Å²) in [5.41, 5.74) is 2.72. The smallest absolute Gasteiger partial charge is 0.0230 e. The Morgan fingerprint density at radius 2 is 2.00 bits per heavy atom. The molecule has 0 saturated heterocycles. The van der Waals surface area contributed by atoms with Crippen molar-refractivity contribution in [1.82, 2.24) is 4.90 Å². The molecular weight excluding hydrogens is 194 g/mol. The molecule has 1 heterocycles. The second-order valence-electron chi connectivity index (χ2n) is 4.18. The van der Waals surface area contributed by atoms with Gasteiger partial charge in [0.15, 0.2) is 0 Å². The molecule has 0 atom stereocenters. The van der Waals surface area contributed by atoms with Gasteiger partial charge in [-0.25, -0.2) is 0 Å². The summed E-state index contributed by atoms with van der Waals surface area (Å²) in [6, 6.07) is 10.5. The van der Waals surface area contributed by atoms with Crippen LogP contribution in [0.3, 0.4) is 0 Å². The average molecular weight is 213 g/mol. The molecule has 0 fully saturated rings. The van der Waals surface area contributed by atoms with Crippen LogP contribution in [0.4, 0.5) is 0 Å². The van der Waals surface area contributed by atoms with Gasteiger partial charge >= 0.3 is 0 Å². The first-order valence-corrected chi connectivity index (χ1v) is 6.03. The molecule has 0 N–H and O–H groups in total. The average Bonchev–Trinajstić information content (AvgIpc) is 2.38. The standard InChI is InChI=1S/C15H19N/c1-2-16-12-6-9-15(13-16)11-10-14-7-4-3-5-8-14/h3-5,7-11H,2,6,12-13H2,1H3. The van der Waals surface area contributed by atoms with Crippen molar-refractivity contribution in [1.29, 1.82) is 0 Å². The first-order chi connectivity index (χ1) is 7.88. The number of likely N-dealkylation sites (N-methyl/N-ethyl adjacent to an activating group) is 1. The van der Waals surface area contributed by atoms with Gasteiger partial charge in [-0.2, -0.15) is 0 Å². The molecule has 1 nitrogen and oxygen atoms in total. The van der Waals surface area contributed by atoms with Crippen LogP contribution in [-0.4, -0.2) is 24.5 Å². The van der Waals surface area contributed by atoms with Crippen molar-refractivity contribution in [3.8, 4) is 0 Å². The van der Waals surface area contributed by atoms with Crippen LogP contribution in [0.1, 0.15) is 18.9 Å². The van der Waals surface area contributed by atoms with Crippen LogP contribution in [0.5, 0.6) is 0 Å². The summed E-state index contributed by atoms with van der Waals surface area (Å²) in [4.78, 5) is 2.48. The highest BCUT2D eigenvalue weighted by Crippen LogP contribution is 2.12. The Kier molecular flexibility index (Phi) is 3.95. The highest BCUT2D eigenvalue weighted by Gasteiger charge is 2.07. The van der Waals surface area contributed by atoms with Gasteiger partial charge in [0.1, 0.15) is 0 Å². The zero-order chi connectivity index (χ0) is 11.2. The number of benzene rings is 1. The quantitative estimate of drug-likeness (QED) is 0.744. The maximum Gasteiger partial charge on any atom is 0.0230 e. The lowest BCUT2D eigenvalue weighted by Gasteiger charge is -2.24. The third-order valence-electron chi connectivity index (χ3n) is 2.99. The van der Waals surface area contributed by atoms with Gasteiger partial charge in [0.05, 0.1) is 0 Å². The topological polar surface area (TPSA) is 3.24 Å². The normalized spacial score (nSPS) is 17.7. The van der Waals surface area contributed by atoms with Gasteiger partial charge in [0.25, 0.3) is 0 Å². The lowest BCUT2D eigenvalue weighted by Crippen LogP contribution is -2.29. The van der Waals surface area contributed by atoms with Gasteiger partial charge in [-0.3, -0.25) is 4.90 Å². The van der Waals surface area contributed by atoms with Crippen molar-refractivity contribution in [3.63, 3.8) is 0 Å². The number of hydrogen-bond acceptors (Lipinski definition) is 1. The summed E-state index contributed by atoms with van der Waals surface area (Å²) < 4.78 is 0. The van der Waals surface area contributed by atoms with E-state index in [0.29, 0.717) is 0 Å². The van der Waals surface area contributed by atoms with E-state index in [1.807, 2.05) is 0 Å². The van der Waals surface area contributed by atoms with E-state index in [1.165, 1.54) is 24.1 Å². The summed E-state index contributed by atoms with van der Waals surface area (Å²) in [5, 5.41) is 0. The minimum Gasteiger partial charge on any atom is -0.299 e. The van der Waals surface area contributed by atoms with E-state index >= 15 is 0 Å². The second-order valence-corrected chi connectivity index (χ2v) is 4.18. The molecule has 0 aliphatic carbocycles. The van der Waals surface area contributed by atoms with Crippen molar-refractivity contribution in [3.05, 3.63) is 53.6 Å². The summed E-state index contributed by atoms with van der Waals surface area (Å²) in [6.07, 6.45) is 7.98. The van der Waals surface area contributed by atoms with Gasteiger partial charge < -0.3 is 0 Å². The largest absolute Gasteiger partial charge is 0.299 e. The van der Waals surface area contributed by atoms with E-state index in [2.05, 4.69) is 60.4 Å². The van der Waals surface area contributed by atoms with E-state index in [9.17, 15) is 0 Å². The molecule has 0 amide bonds. The molecule has 0 aromatic heterocycles. The molecular formula is C15H19N. The van der Waals surface area contributed by atoms with Crippen LogP contribution in [-0.2, 0) is 0 Å². The van der Waals surface area contributed by atoms with Crippen molar-refractivity contribution < 1.29 is 0 Å². The van der Waals surface area contributed by atoms with Crippen LogP contribution in [0, 0.1) is 0 Å². The Balaban J connectivity index is 2.00. The molecule has 1 aromatic rings. The maximum atomic E-state index is 2.48. The SMILES string of the molecule is CCN1CCC=C(C=Cc2ccccc2)C1. The minimum absolute atomic E-state index is 1.10. The molecule has 0 spiro atoms. The molecule has 1 aromatic carbocycles. The highest BCUT2D eigenvalue weighted by atomic mass is 15.1. The molecule has 2 rings (SSSR count). The van der Waals surface area contributed by atoms with Gasteiger partial charge in [-0.05, 0) is 24.1 Å². The van der Waals surface area contributed by atoms with Gasteiger partial charge in [-0.15, -0.1) is 0 Å². The fraction of sp³-hybridized carbons (Fsp3) is 0.333. The summed E-state index contributed by atoms with van der Waals surface area (Å²) in [6.45, 7) is 5.68. The van der Waals surface area contributed by atoms with Crippen molar-refractivity contribution in [2.24, 2.45) is 0 Å². The molecule has 84 valence electrons. The van der Waals surface area contributed by atoms with Gasteiger partial charge in [0.2, 0.25) is 0 Å². The maximum absolute atomic E-state index is 2.48. The van der Waals surface area contributed by atoms with Crippen LogP contribution < -0.4 is 0 Å². The predicted octanol–water partition coefficient (Wildman–Crippen LogP) is 3.35. The number of nitrogens with zero attached hydrogens (tertiary/aromatic N) is 1. The Hall–Kier alpha value is -1.34. The second kappa shape index (κ2) is 5.66. The van der Waals surface area contributed by atoms with E-state index in [-0.39, 0.29) is 0 Å². The minimum atomic E-state index is 1.10. The Labute approximate surface area is 98.1 Å². The lowest BCUT2D eigenvalue weighted by atomic mass is 10.1. The van der Waals surface area contributed by atoms with Gasteiger partial charge in [0, 0.05) is 13.1 Å².